The van der Waals surface area contributed by atoms with Crippen molar-refractivity contribution in [2.45, 2.75) is 18.0 Å². The first kappa shape index (κ1) is 16.8. The number of rotatable bonds is 4. The van der Waals surface area contributed by atoms with E-state index in [0.29, 0.717) is 29.8 Å². The van der Waals surface area contributed by atoms with Gasteiger partial charge in [0.25, 0.3) is 0 Å². The average molecular weight is 359 g/mol. The van der Waals surface area contributed by atoms with Crippen LogP contribution in [0.3, 0.4) is 0 Å². The van der Waals surface area contributed by atoms with E-state index in [0.717, 1.165) is 17.7 Å². The molecule has 0 atom stereocenters. The third-order valence-electron chi connectivity index (χ3n) is 4.89. The van der Waals surface area contributed by atoms with E-state index in [-0.39, 0.29) is 17.6 Å². The fourth-order valence-electron chi connectivity index (χ4n) is 3.37. The summed E-state index contributed by atoms with van der Waals surface area (Å²) in [5, 5.41) is 0.377. The number of aromatic nitrogens is 1. The topological polar surface area (TPSA) is 42.1 Å². The van der Waals surface area contributed by atoms with Crippen molar-refractivity contribution in [2.24, 2.45) is 0 Å². The van der Waals surface area contributed by atoms with Crippen LogP contribution < -0.4 is 0 Å². The maximum atomic E-state index is 12.9. The van der Waals surface area contributed by atoms with E-state index in [1.165, 1.54) is 12.1 Å². The maximum Gasteiger partial charge on any atom is 0.416 e. The Morgan fingerprint density at radius 2 is 1.81 bits per heavy atom. The van der Waals surface area contributed by atoms with Gasteiger partial charge in [0, 0.05) is 22.7 Å². The first-order chi connectivity index (χ1) is 12.4. The van der Waals surface area contributed by atoms with E-state index in [4.69, 9.17) is 4.74 Å². The van der Waals surface area contributed by atoms with Crippen molar-refractivity contribution in [3.8, 4) is 0 Å². The number of carbonyl (C=O) groups is 1. The predicted octanol–water partition coefficient (Wildman–Crippen LogP) is 4.73. The number of halogens is 3. The van der Waals surface area contributed by atoms with Crippen LogP contribution in [0, 0.1) is 0 Å². The van der Waals surface area contributed by atoms with Gasteiger partial charge in [-0.1, -0.05) is 30.3 Å². The second-order valence-corrected chi connectivity index (χ2v) is 6.72. The molecule has 1 aliphatic heterocycles. The van der Waals surface area contributed by atoms with Crippen LogP contribution in [0.1, 0.15) is 28.0 Å². The molecule has 1 fully saturated rings. The molecular weight excluding hydrogens is 343 g/mol. The molecule has 0 aliphatic carbocycles. The molecule has 26 heavy (non-hydrogen) atoms. The summed E-state index contributed by atoms with van der Waals surface area (Å²) in [5.74, 6) is -0.137. The van der Waals surface area contributed by atoms with Gasteiger partial charge in [0.1, 0.15) is 0 Å². The van der Waals surface area contributed by atoms with Crippen LogP contribution in [-0.2, 0) is 16.3 Å². The van der Waals surface area contributed by atoms with E-state index in [1.807, 2.05) is 30.3 Å². The van der Waals surface area contributed by atoms with Crippen molar-refractivity contribution < 1.29 is 22.7 Å². The highest BCUT2D eigenvalue weighted by Crippen LogP contribution is 2.37. The van der Waals surface area contributed by atoms with Gasteiger partial charge in [0.15, 0.2) is 5.78 Å². The van der Waals surface area contributed by atoms with E-state index >= 15 is 0 Å². The van der Waals surface area contributed by atoms with Crippen LogP contribution in [0.2, 0.25) is 0 Å². The summed E-state index contributed by atoms with van der Waals surface area (Å²) in [5.41, 5.74) is 0.778. The van der Waals surface area contributed by atoms with Gasteiger partial charge in [0.2, 0.25) is 0 Å². The lowest BCUT2D eigenvalue weighted by Crippen LogP contribution is -2.48. The van der Waals surface area contributed by atoms with Gasteiger partial charge in [-0.25, -0.2) is 0 Å². The Morgan fingerprint density at radius 1 is 1.08 bits per heavy atom. The molecule has 3 nitrogen and oxygen atoms in total. The van der Waals surface area contributed by atoms with Gasteiger partial charge in [-0.05, 0) is 29.8 Å². The molecule has 4 rings (SSSR count). The summed E-state index contributed by atoms with van der Waals surface area (Å²) < 4.78 is 43.9. The zero-order chi connectivity index (χ0) is 18.4. The predicted molar refractivity (Wildman–Crippen MR) is 91.2 cm³/mol. The molecule has 2 aromatic carbocycles. The summed E-state index contributed by atoms with van der Waals surface area (Å²) >= 11 is 0. The molecule has 0 unspecified atom stereocenters. The number of Topliss-reactive ketones (excluding diaryl/α,β-unsaturated/α-hetero) is 1. The van der Waals surface area contributed by atoms with Crippen molar-refractivity contribution in [3.63, 3.8) is 0 Å². The van der Waals surface area contributed by atoms with Crippen molar-refractivity contribution >= 4 is 16.7 Å². The quantitative estimate of drug-likeness (QED) is 0.685. The Hall–Kier alpha value is -2.60. The number of hydrogen-bond acceptors (Lipinski definition) is 2. The highest BCUT2D eigenvalue weighted by Gasteiger charge is 2.42. The summed E-state index contributed by atoms with van der Waals surface area (Å²) in [7, 11) is 0. The monoisotopic (exact) mass is 359 g/mol. The molecule has 0 saturated carbocycles. The molecule has 1 saturated heterocycles. The molecular formula is C20H16F3NO2. The van der Waals surface area contributed by atoms with Gasteiger partial charge in [-0.15, -0.1) is 0 Å². The zero-order valence-corrected chi connectivity index (χ0v) is 13.8. The number of ether oxygens (including phenoxy) is 1. The van der Waals surface area contributed by atoms with Crippen molar-refractivity contribution in [1.82, 2.24) is 4.98 Å². The van der Waals surface area contributed by atoms with Crippen LogP contribution in [0.4, 0.5) is 13.2 Å². The lowest BCUT2D eigenvalue weighted by atomic mass is 9.74. The van der Waals surface area contributed by atoms with Crippen LogP contribution >= 0.6 is 0 Å². The Bertz CT molecular complexity index is 956. The number of alkyl halides is 3. The Balaban J connectivity index is 1.62. The Morgan fingerprint density at radius 3 is 2.42 bits per heavy atom. The number of fused-ring (bicyclic) bond motifs is 1. The van der Waals surface area contributed by atoms with Crippen LogP contribution in [0.5, 0.6) is 0 Å². The van der Waals surface area contributed by atoms with Crippen LogP contribution in [-0.4, -0.2) is 24.0 Å². The van der Waals surface area contributed by atoms with Gasteiger partial charge in [-0.3, -0.25) is 4.79 Å². The van der Waals surface area contributed by atoms with Crippen molar-refractivity contribution in [1.29, 1.82) is 0 Å². The lowest BCUT2D eigenvalue weighted by Gasteiger charge is -2.41. The number of ketones is 1. The van der Waals surface area contributed by atoms with Crippen LogP contribution in [0.15, 0.2) is 54.6 Å². The summed E-state index contributed by atoms with van der Waals surface area (Å²) in [6.07, 6.45) is -4.16. The molecule has 3 aromatic rings. The number of nitrogens with one attached hydrogen (secondary N) is 1. The van der Waals surface area contributed by atoms with Gasteiger partial charge in [0.05, 0.1) is 24.5 Å². The third kappa shape index (κ3) is 2.90. The fourth-order valence-corrected chi connectivity index (χ4v) is 3.37. The van der Waals surface area contributed by atoms with Crippen molar-refractivity contribution in [2.75, 3.05) is 13.2 Å². The number of carbonyl (C=O) groups excluding carboxylic acids is 1. The molecule has 0 amide bonds. The molecule has 134 valence electrons. The smallest absolute Gasteiger partial charge is 0.379 e. The molecule has 0 bridgehead atoms. The average Bonchev–Trinajstić information content (AvgIpc) is 3.01. The SMILES string of the molecule is O=C(CC1(c2ccccc2)COC1)c1cc2cc(C(F)(F)F)ccc2[nH]1. The van der Waals surface area contributed by atoms with E-state index in [9.17, 15) is 18.0 Å². The van der Waals surface area contributed by atoms with Crippen LogP contribution in [0.25, 0.3) is 10.9 Å². The number of benzene rings is 2. The molecule has 0 radical (unpaired) electrons. The number of hydrogen-bond donors (Lipinski definition) is 1. The van der Waals surface area contributed by atoms with Crippen molar-refractivity contribution in [3.05, 3.63) is 71.4 Å². The lowest BCUT2D eigenvalue weighted by molar-refractivity contribution is -0.137. The molecule has 1 aliphatic rings. The molecule has 2 heterocycles. The summed E-state index contributed by atoms with van der Waals surface area (Å²) in [4.78, 5) is 15.7. The fraction of sp³-hybridized carbons (Fsp3) is 0.250. The normalized spacial score (nSPS) is 16.4. The Labute approximate surface area is 147 Å². The van der Waals surface area contributed by atoms with E-state index in [1.54, 1.807) is 0 Å². The van der Waals surface area contributed by atoms with Gasteiger partial charge in [-0.2, -0.15) is 13.2 Å². The molecule has 1 aromatic heterocycles. The van der Waals surface area contributed by atoms with Gasteiger partial charge >= 0.3 is 6.18 Å². The number of H-pyrrole nitrogens is 1. The highest BCUT2D eigenvalue weighted by atomic mass is 19.4. The molecule has 1 N–H and O–H groups in total. The standard InChI is InChI=1S/C20H16F3NO2/c21-20(22,23)15-6-7-16-13(8-15)9-17(24-16)18(25)10-19(11-26-12-19)14-4-2-1-3-5-14/h1-9,24H,10-12H2. The van der Waals surface area contributed by atoms with E-state index < -0.39 is 11.7 Å². The maximum absolute atomic E-state index is 12.9. The minimum Gasteiger partial charge on any atom is -0.379 e. The Kier molecular flexibility index (Phi) is 3.88. The third-order valence-corrected chi connectivity index (χ3v) is 4.89. The minimum atomic E-state index is -4.41. The highest BCUT2D eigenvalue weighted by molar-refractivity contribution is 6.00. The molecule has 6 heteroatoms. The summed E-state index contributed by atoms with van der Waals surface area (Å²) in [6, 6.07) is 14.6. The zero-order valence-electron chi connectivity index (χ0n) is 13.8. The first-order valence-corrected chi connectivity index (χ1v) is 8.24. The second-order valence-electron chi connectivity index (χ2n) is 6.72. The first-order valence-electron chi connectivity index (χ1n) is 8.24. The number of aromatic amines is 1. The van der Waals surface area contributed by atoms with Gasteiger partial charge < -0.3 is 9.72 Å². The largest absolute Gasteiger partial charge is 0.416 e. The molecule has 0 spiro atoms. The summed E-state index contributed by atoms with van der Waals surface area (Å²) in [6.45, 7) is 0.919. The minimum absolute atomic E-state index is 0.137. The second kappa shape index (κ2) is 5.99. The van der Waals surface area contributed by atoms with E-state index in [2.05, 4.69) is 4.98 Å².